The molecule has 2 aromatic carbocycles. The van der Waals surface area contributed by atoms with Gasteiger partial charge in [-0.3, -0.25) is 0 Å². The van der Waals surface area contributed by atoms with E-state index in [9.17, 15) is 0 Å². The van der Waals surface area contributed by atoms with E-state index in [-0.39, 0.29) is 0 Å². The Morgan fingerprint density at radius 3 is 2.81 bits per heavy atom. The molecule has 2 heterocycles. The molecule has 1 aliphatic rings. The van der Waals surface area contributed by atoms with Crippen LogP contribution in [0.15, 0.2) is 54.7 Å². The fourth-order valence-corrected chi connectivity index (χ4v) is 3.39. The number of hydrogen-bond acceptors (Lipinski definition) is 0. The summed E-state index contributed by atoms with van der Waals surface area (Å²) in [6.07, 6.45) is 3.42. The maximum atomic E-state index is 2.41. The van der Waals surface area contributed by atoms with E-state index in [4.69, 9.17) is 0 Å². The van der Waals surface area contributed by atoms with Crippen LogP contribution in [0, 0.1) is 0 Å². The molecule has 1 nitrogen and oxygen atoms in total. The Kier molecular flexibility index (Phi) is 2.81. The molecule has 0 spiro atoms. The predicted molar refractivity (Wildman–Crippen MR) is 87.4 cm³/mol. The van der Waals surface area contributed by atoms with Gasteiger partial charge in [-0.05, 0) is 41.5 Å². The minimum Gasteiger partial charge on any atom is -0.193 e. The first-order valence-corrected chi connectivity index (χ1v) is 7.82. The van der Waals surface area contributed by atoms with Gasteiger partial charge in [0.25, 0.3) is 0 Å². The van der Waals surface area contributed by atoms with Gasteiger partial charge in [0, 0.05) is 11.6 Å². The summed E-state index contributed by atoms with van der Waals surface area (Å²) in [6.45, 7) is 5.57. The zero-order valence-electron chi connectivity index (χ0n) is 12.6. The van der Waals surface area contributed by atoms with Crippen molar-refractivity contribution in [2.24, 2.45) is 0 Å². The lowest BCUT2D eigenvalue weighted by molar-refractivity contribution is -0.671. The van der Waals surface area contributed by atoms with Gasteiger partial charge in [0.05, 0.1) is 10.9 Å². The molecule has 1 unspecified atom stereocenters. The molecule has 0 fully saturated rings. The zero-order chi connectivity index (χ0) is 14.4. The fourth-order valence-electron chi connectivity index (χ4n) is 3.39. The molecule has 4 rings (SSSR count). The van der Waals surface area contributed by atoms with E-state index < -0.39 is 0 Å². The van der Waals surface area contributed by atoms with Crippen molar-refractivity contribution in [2.75, 3.05) is 0 Å². The Balaban J connectivity index is 1.93. The molecular formula is C20H20N+. The van der Waals surface area contributed by atoms with Gasteiger partial charge in [0.2, 0.25) is 5.69 Å². The Labute approximate surface area is 125 Å². The first-order valence-electron chi connectivity index (χ1n) is 7.82. The molecule has 1 aliphatic heterocycles. The van der Waals surface area contributed by atoms with Gasteiger partial charge in [-0.15, -0.1) is 0 Å². The van der Waals surface area contributed by atoms with E-state index >= 15 is 0 Å². The van der Waals surface area contributed by atoms with Crippen LogP contribution in [0.25, 0.3) is 22.0 Å². The number of nitrogens with zero attached hydrogens (tertiary/aromatic N) is 1. The largest absolute Gasteiger partial charge is 0.221 e. The molecule has 0 N–H and O–H groups in total. The molecule has 0 saturated heterocycles. The molecule has 0 radical (unpaired) electrons. The molecule has 1 atom stereocenters. The highest BCUT2D eigenvalue weighted by Gasteiger charge is 2.28. The van der Waals surface area contributed by atoms with Gasteiger partial charge < -0.3 is 0 Å². The summed E-state index contributed by atoms with van der Waals surface area (Å²) in [4.78, 5) is 0. The Morgan fingerprint density at radius 1 is 1.10 bits per heavy atom. The van der Waals surface area contributed by atoms with Crippen LogP contribution in [0.4, 0.5) is 0 Å². The van der Waals surface area contributed by atoms with Crippen LogP contribution in [0.3, 0.4) is 0 Å². The van der Waals surface area contributed by atoms with Crippen molar-refractivity contribution in [3.8, 4) is 11.3 Å². The molecule has 0 amide bonds. The molecule has 104 valence electrons. The van der Waals surface area contributed by atoms with Crippen LogP contribution in [-0.2, 0) is 6.54 Å². The summed E-state index contributed by atoms with van der Waals surface area (Å²) in [5.74, 6) is 0.640. The molecule has 1 aromatic heterocycles. The third kappa shape index (κ3) is 1.88. The summed E-state index contributed by atoms with van der Waals surface area (Å²) in [5.41, 5.74) is 5.70. The van der Waals surface area contributed by atoms with E-state index in [1.54, 1.807) is 0 Å². The van der Waals surface area contributed by atoms with Crippen molar-refractivity contribution in [3.63, 3.8) is 0 Å². The van der Waals surface area contributed by atoms with Gasteiger partial charge in [-0.1, -0.05) is 38.1 Å². The van der Waals surface area contributed by atoms with Gasteiger partial charge in [0.15, 0.2) is 12.7 Å². The Hall–Kier alpha value is -2.15. The lowest BCUT2D eigenvalue weighted by Gasteiger charge is -2.09. The summed E-state index contributed by atoms with van der Waals surface area (Å²) in [7, 11) is 0. The Bertz CT molecular complexity index is 832. The SMILES string of the molecule is CCC(C)c1ccc2c(c1)C[n+]1ccc3ccccc3c1-2. The molecule has 0 aliphatic carbocycles. The summed E-state index contributed by atoms with van der Waals surface area (Å²) in [6, 6.07) is 17.9. The minimum absolute atomic E-state index is 0.640. The van der Waals surface area contributed by atoms with Crippen molar-refractivity contribution in [1.82, 2.24) is 0 Å². The molecule has 3 aromatic rings. The lowest BCUT2D eigenvalue weighted by atomic mass is 9.94. The fraction of sp³-hybridized carbons (Fsp3) is 0.250. The molecule has 0 saturated carbocycles. The Morgan fingerprint density at radius 2 is 1.95 bits per heavy atom. The average Bonchev–Trinajstić information content (AvgIpc) is 2.92. The third-order valence-electron chi connectivity index (χ3n) is 4.84. The smallest absolute Gasteiger partial charge is 0.193 e. The number of rotatable bonds is 2. The third-order valence-corrected chi connectivity index (χ3v) is 4.84. The van der Waals surface area contributed by atoms with Crippen LogP contribution in [0.5, 0.6) is 0 Å². The van der Waals surface area contributed by atoms with E-state index in [1.807, 2.05) is 0 Å². The number of benzene rings is 2. The van der Waals surface area contributed by atoms with Crippen molar-refractivity contribution in [1.29, 1.82) is 0 Å². The second-order valence-corrected chi connectivity index (χ2v) is 6.11. The number of fused-ring (bicyclic) bond motifs is 5. The molecule has 1 heteroatoms. The lowest BCUT2D eigenvalue weighted by Crippen LogP contribution is -2.31. The van der Waals surface area contributed by atoms with Crippen molar-refractivity contribution in [2.45, 2.75) is 32.7 Å². The van der Waals surface area contributed by atoms with E-state index in [1.165, 1.54) is 39.6 Å². The van der Waals surface area contributed by atoms with Crippen molar-refractivity contribution < 1.29 is 4.57 Å². The predicted octanol–water partition coefficient (Wildman–Crippen LogP) is 4.67. The van der Waals surface area contributed by atoms with Crippen LogP contribution < -0.4 is 4.57 Å². The number of pyridine rings is 1. The highest BCUT2D eigenvalue weighted by molar-refractivity contribution is 5.94. The monoisotopic (exact) mass is 274 g/mol. The standard InChI is InChI=1S/C20H20N/c1-3-14(2)16-8-9-19-17(12-16)13-21-11-10-15-6-4-5-7-18(15)20(19)21/h4-12,14H,3,13H2,1-2H3/q+1. The van der Waals surface area contributed by atoms with Crippen molar-refractivity contribution in [3.05, 3.63) is 65.9 Å². The topological polar surface area (TPSA) is 3.88 Å². The highest BCUT2D eigenvalue weighted by atomic mass is 15.0. The number of aromatic nitrogens is 1. The van der Waals surface area contributed by atoms with Gasteiger partial charge in [-0.2, -0.15) is 4.57 Å². The second kappa shape index (κ2) is 4.70. The van der Waals surface area contributed by atoms with Gasteiger partial charge in [-0.25, -0.2) is 0 Å². The maximum absolute atomic E-state index is 2.41. The maximum Gasteiger partial charge on any atom is 0.221 e. The van der Waals surface area contributed by atoms with Gasteiger partial charge >= 0.3 is 0 Å². The first-order chi connectivity index (χ1) is 10.3. The quantitative estimate of drug-likeness (QED) is 0.468. The van der Waals surface area contributed by atoms with Crippen LogP contribution in [0.1, 0.15) is 37.3 Å². The summed E-state index contributed by atoms with van der Waals surface area (Å²) < 4.78 is 2.38. The first kappa shape index (κ1) is 12.6. The van der Waals surface area contributed by atoms with Crippen molar-refractivity contribution >= 4 is 10.8 Å². The van der Waals surface area contributed by atoms with E-state index in [0.717, 1.165) is 6.54 Å². The zero-order valence-corrected chi connectivity index (χ0v) is 12.6. The van der Waals surface area contributed by atoms with Gasteiger partial charge in [0.1, 0.15) is 0 Å². The van der Waals surface area contributed by atoms with Crippen LogP contribution in [-0.4, -0.2) is 0 Å². The van der Waals surface area contributed by atoms with E-state index in [2.05, 4.69) is 73.1 Å². The molecular weight excluding hydrogens is 254 g/mol. The highest BCUT2D eigenvalue weighted by Crippen LogP contribution is 2.34. The normalized spacial score (nSPS) is 14.0. The second-order valence-electron chi connectivity index (χ2n) is 6.11. The van der Waals surface area contributed by atoms with E-state index in [0.29, 0.717) is 5.92 Å². The average molecular weight is 274 g/mol. The van der Waals surface area contributed by atoms with Crippen LogP contribution >= 0.6 is 0 Å². The molecule has 21 heavy (non-hydrogen) atoms. The summed E-state index contributed by atoms with van der Waals surface area (Å²) >= 11 is 0. The summed E-state index contributed by atoms with van der Waals surface area (Å²) in [5, 5.41) is 2.68. The van der Waals surface area contributed by atoms with Crippen LogP contribution in [0.2, 0.25) is 0 Å². The molecule has 0 bridgehead atoms. The number of hydrogen-bond donors (Lipinski definition) is 0. The minimum atomic E-state index is 0.640.